The summed E-state index contributed by atoms with van der Waals surface area (Å²) in [5.41, 5.74) is 0.524. The van der Waals surface area contributed by atoms with Crippen molar-refractivity contribution in [3.8, 4) is 5.75 Å². The highest BCUT2D eigenvalue weighted by molar-refractivity contribution is 7.89. The van der Waals surface area contributed by atoms with Crippen LogP contribution in [0, 0.1) is 0 Å². The van der Waals surface area contributed by atoms with E-state index in [2.05, 4.69) is 15.4 Å². The van der Waals surface area contributed by atoms with Crippen LogP contribution in [-0.4, -0.2) is 26.0 Å². The smallest absolute Gasteiger partial charge is 0.240 e. The van der Waals surface area contributed by atoms with Crippen LogP contribution in [0.25, 0.3) is 0 Å². The van der Waals surface area contributed by atoms with Gasteiger partial charge in [-0.15, -0.1) is 0 Å². The number of ether oxygens (including phenoxy) is 1. The summed E-state index contributed by atoms with van der Waals surface area (Å²) in [6.45, 7) is 0.335. The van der Waals surface area contributed by atoms with Crippen LogP contribution in [0.2, 0.25) is 10.0 Å². The molecule has 1 amide bonds. The number of halogens is 2. The lowest BCUT2D eigenvalue weighted by molar-refractivity contribution is -0.119. The topological polar surface area (TPSA) is 110 Å². The van der Waals surface area contributed by atoms with E-state index in [1.807, 2.05) is 0 Å². The van der Waals surface area contributed by atoms with E-state index < -0.39 is 10.0 Å². The van der Waals surface area contributed by atoms with Gasteiger partial charge in [0, 0.05) is 17.1 Å². The number of furan rings is 1. The summed E-state index contributed by atoms with van der Waals surface area (Å²) >= 11 is 17.0. The summed E-state index contributed by atoms with van der Waals surface area (Å²) in [5, 5.41) is 6.41. The van der Waals surface area contributed by atoms with Gasteiger partial charge >= 0.3 is 0 Å². The maximum atomic E-state index is 12.4. The van der Waals surface area contributed by atoms with Crippen LogP contribution >= 0.6 is 35.4 Å². The van der Waals surface area contributed by atoms with Gasteiger partial charge in [-0.05, 0) is 73.2 Å². The number of benzene rings is 2. The number of hydrogen-bond donors (Lipinski definition) is 3. The van der Waals surface area contributed by atoms with E-state index in [9.17, 15) is 13.2 Å². The number of nitrogens with one attached hydrogen (secondary N) is 3. The lowest BCUT2D eigenvalue weighted by Crippen LogP contribution is -2.34. The van der Waals surface area contributed by atoms with Gasteiger partial charge in [0.05, 0.1) is 29.3 Å². The number of amides is 1. The van der Waals surface area contributed by atoms with Crippen LogP contribution in [0.1, 0.15) is 18.6 Å². The Hall–Kier alpha value is -2.63. The van der Waals surface area contributed by atoms with Gasteiger partial charge in [0.15, 0.2) is 5.11 Å². The molecule has 0 aliphatic heterocycles. The Morgan fingerprint density at radius 1 is 1.09 bits per heavy atom. The van der Waals surface area contributed by atoms with Gasteiger partial charge in [0.1, 0.15) is 11.5 Å². The molecule has 34 heavy (non-hydrogen) atoms. The molecule has 0 atom stereocenters. The zero-order chi connectivity index (χ0) is 24.6. The number of hydrogen-bond acceptors (Lipinski definition) is 6. The molecule has 1 aromatic heterocycles. The maximum absolute atomic E-state index is 12.4. The summed E-state index contributed by atoms with van der Waals surface area (Å²) < 4.78 is 37.9. The molecular weight excluding hydrogens is 521 g/mol. The second-order valence-electron chi connectivity index (χ2n) is 6.96. The normalized spacial score (nSPS) is 11.1. The predicted octanol–water partition coefficient (Wildman–Crippen LogP) is 4.74. The minimum absolute atomic E-state index is 0.0449. The summed E-state index contributed by atoms with van der Waals surface area (Å²) in [6.07, 6.45) is 2.10. The maximum Gasteiger partial charge on any atom is 0.240 e. The lowest BCUT2D eigenvalue weighted by atomic mass is 10.3. The summed E-state index contributed by atoms with van der Waals surface area (Å²) in [4.78, 5) is 12.2. The molecule has 0 radical (unpaired) electrons. The van der Waals surface area contributed by atoms with E-state index in [0.29, 0.717) is 40.3 Å². The first-order chi connectivity index (χ1) is 16.2. The fourth-order valence-corrected chi connectivity index (χ4v) is 4.43. The highest BCUT2D eigenvalue weighted by atomic mass is 35.5. The van der Waals surface area contributed by atoms with E-state index in [0.717, 1.165) is 0 Å². The monoisotopic (exact) mass is 541 g/mol. The van der Waals surface area contributed by atoms with E-state index in [-0.39, 0.29) is 28.9 Å². The van der Waals surface area contributed by atoms with E-state index >= 15 is 0 Å². The average Bonchev–Trinajstić information content (AvgIpc) is 3.31. The number of thiocarbonyl (C=S) groups is 1. The van der Waals surface area contributed by atoms with Crippen LogP contribution in [0.5, 0.6) is 5.75 Å². The highest BCUT2D eigenvalue weighted by Gasteiger charge is 2.14. The molecule has 180 valence electrons. The van der Waals surface area contributed by atoms with Gasteiger partial charge in [-0.3, -0.25) is 4.79 Å². The molecule has 0 bridgehead atoms. The summed E-state index contributed by atoms with van der Waals surface area (Å²) in [6, 6.07) is 14.2. The number of anilines is 1. The Labute approximate surface area is 212 Å². The third kappa shape index (κ3) is 8.00. The van der Waals surface area contributed by atoms with Gasteiger partial charge in [-0.2, -0.15) is 0 Å². The van der Waals surface area contributed by atoms with Gasteiger partial charge in [-0.1, -0.05) is 23.2 Å². The van der Waals surface area contributed by atoms with Gasteiger partial charge in [-0.25, -0.2) is 13.1 Å². The first-order valence-electron chi connectivity index (χ1n) is 10.0. The van der Waals surface area contributed by atoms with Crippen molar-refractivity contribution in [2.75, 3.05) is 11.9 Å². The molecule has 0 unspecified atom stereocenters. The minimum atomic E-state index is -3.71. The molecule has 0 fully saturated rings. The van der Waals surface area contributed by atoms with Crippen LogP contribution in [0.4, 0.5) is 5.69 Å². The van der Waals surface area contributed by atoms with Gasteiger partial charge < -0.3 is 19.8 Å². The average molecular weight is 542 g/mol. The molecule has 0 spiro atoms. The van der Waals surface area contributed by atoms with Crippen molar-refractivity contribution in [3.05, 3.63) is 76.7 Å². The van der Waals surface area contributed by atoms with Crippen molar-refractivity contribution >= 4 is 62.2 Å². The van der Waals surface area contributed by atoms with Crippen molar-refractivity contribution in [1.82, 2.24) is 10.0 Å². The fraction of sp³-hybridized carbons (Fsp3) is 0.182. The van der Waals surface area contributed by atoms with Crippen molar-refractivity contribution in [3.63, 3.8) is 0 Å². The fourth-order valence-electron chi connectivity index (χ4n) is 2.74. The van der Waals surface area contributed by atoms with Crippen LogP contribution in [0.15, 0.2) is 70.2 Å². The van der Waals surface area contributed by atoms with E-state index in [4.69, 9.17) is 44.6 Å². The highest BCUT2D eigenvalue weighted by Crippen LogP contribution is 2.27. The Bertz CT molecular complexity index is 1230. The quantitative estimate of drug-likeness (QED) is 0.251. The van der Waals surface area contributed by atoms with Crippen molar-refractivity contribution < 1.29 is 22.4 Å². The second-order valence-corrected chi connectivity index (χ2v) is 9.98. The molecule has 3 aromatic rings. The molecule has 3 N–H and O–H groups in total. The third-order valence-corrected chi connectivity index (χ3v) is 6.54. The lowest BCUT2D eigenvalue weighted by Gasteiger charge is -2.11. The Balaban J connectivity index is 1.40. The van der Waals surface area contributed by atoms with Crippen LogP contribution in [-0.2, 0) is 21.4 Å². The van der Waals surface area contributed by atoms with Crippen molar-refractivity contribution in [2.24, 2.45) is 0 Å². The number of carbonyl (C=O) groups is 1. The molecule has 8 nitrogen and oxygen atoms in total. The zero-order valence-electron chi connectivity index (χ0n) is 17.7. The van der Waals surface area contributed by atoms with Crippen molar-refractivity contribution in [1.29, 1.82) is 0 Å². The molecule has 0 saturated heterocycles. The van der Waals surface area contributed by atoms with Gasteiger partial charge in [0.2, 0.25) is 15.9 Å². The molecule has 0 aliphatic carbocycles. The van der Waals surface area contributed by atoms with Crippen LogP contribution < -0.4 is 20.1 Å². The molecule has 0 aliphatic rings. The van der Waals surface area contributed by atoms with Crippen molar-refractivity contribution in [2.45, 2.75) is 24.3 Å². The number of rotatable bonds is 10. The molecule has 3 rings (SSSR count). The van der Waals surface area contributed by atoms with Crippen LogP contribution in [0.3, 0.4) is 0 Å². The standard InChI is InChI=1S/C22H21Cl2N3O5S2/c23-15-5-10-20(19(24)13-15)32-12-2-4-21(28)27-22(33)26-16-6-8-18(9-7-16)34(29,30)25-14-17-3-1-11-31-17/h1,3,5-11,13,25H,2,4,12,14H2,(H2,26,27,28,33). The summed E-state index contributed by atoms with van der Waals surface area (Å²) in [5.74, 6) is 0.707. The molecule has 0 saturated carbocycles. The first kappa shape index (κ1) is 26.0. The Kier molecular flexibility index (Phi) is 9.31. The zero-order valence-corrected chi connectivity index (χ0v) is 20.9. The predicted molar refractivity (Wildman–Crippen MR) is 135 cm³/mol. The molecule has 12 heteroatoms. The molecule has 2 aromatic carbocycles. The molecular formula is C22H21Cl2N3O5S2. The first-order valence-corrected chi connectivity index (χ1v) is 12.7. The summed E-state index contributed by atoms with van der Waals surface area (Å²) in [7, 11) is -3.71. The number of sulfonamides is 1. The van der Waals surface area contributed by atoms with Gasteiger partial charge in [0.25, 0.3) is 0 Å². The molecule has 1 heterocycles. The number of carbonyl (C=O) groups excluding carboxylic acids is 1. The SMILES string of the molecule is O=C(CCCOc1ccc(Cl)cc1Cl)NC(=S)Nc1ccc(S(=O)(=O)NCc2ccco2)cc1. The third-order valence-electron chi connectivity index (χ3n) is 4.39. The largest absolute Gasteiger partial charge is 0.492 e. The Morgan fingerprint density at radius 2 is 1.85 bits per heavy atom. The van der Waals surface area contributed by atoms with E-state index in [1.165, 1.54) is 18.4 Å². The second kappa shape index (κ2) is 12.2. The Morgan fingerprint density at radius 3 is 2.53 bits per heavy atom. The van der Waals surface area contributed by atoms with E-state index in [1.54, 1.807) is 42.5 Å². The minimum Gasteiger partial charge on any atom is -0.492 e.